The first-order valence-electron chi connectivity index (χ1n) is 7.20. The standard InChI is InChI=1S/C17H20N/c1-4-8-18(9-5-1)12-16-10-14-6-2-3-7-15(14)11-17(16)13-18/h2-3,6-7,10-11H,1,4-5,8-9,12-13H2/q+1. The van der Waals surface area contributed by atoms with Crippen molar-refractivity contribution in [2.24, 2.45) is 0 Å². The van der Waals surface area contributed by atoms with Gasteiger partial charge in [0.05, 0.1) is 13.1 Å². The zero-order valence-corrected chi connectivity index (χ0v) is 10.9. The Morgan fingerprint density at radius 1 is 0.722 bits per heavy atom. The molecule has 92 valence electrons. The van der Waals surface area contributed by atoms with E-state index in [1.54, 1.807) is 11.1 Å². The Bertz CT molecular complexity index is 547. The van der Waals surface area contributed by atoms with E-state index in [1.165, 1.54) is 60.7 Å². The number of hydrogen-bond acceptors (Lipinski definition) is 0. The van der Waals surface area contributed by atoms with Gasteiger partial charge in [-0.05, 0) is 42.2 Å². The summed E-state index contributed by atoms with van der Waals surface area (Å²) in [7, 11) is 0. The number of fused-ring (bicyclic) bond motifs is 2. The number of benzene rings is 2. The minimum absolute atomic E-state index is 1.28. The second-order valence-corrected chi connectivity index (χ2v) is 6.13. The summed E-state index contributed by atoms with van der Waals surface area (Å²) < 4.78 is 1.34. The molecule has 0 radical (unpaired) electrons. The number of nitrogens with zero attached hydrogens (tertiary/aromatic N) is 1. The van der Waals surface area contributed by atoms with Gasteiger partial charge in [0, 0.05) is 11.1 Å². The van der Waals surface area contributed by atoms with Crippen LogP contribution < -0.4 is 0 Å². The fraction of sp³-hybridized carbons (Fsp3) is 0.412. The lowest BCUT2D eigenvalue weighted by Gasteiger charge is -2.37. The Morgan fingerprint density at radius 2 is 1.28 bits per heavy atom. The summed E-state index contributed by atoms with van der Waals surface area (Å²) in [5, 5.41) is 2.82. The van der Waals surface area contributed by atoms with E-state index in [0.29, 0.717) is 0 Å². The summed E-state index contributed by atoms with van der Waals surface area (Å²) in [4.78, 5) is 0. The molecule has 0 N–H and O–H groups in total. The van der Waals surface area contributed by atoms with Gasteiger partial charge in [-0.3, -0.25) is 0 Å². The van der Waals surface area contributed by atoms with E-state index in [-0.39, 0.29) is 0 Å². The van der Waals surface area contributed by atoms with Crippen LogP contribution in [0.2, 0.25) is 0 Å². The van der Waals surface area contributed by atoms with Crippen LogP contribution in [0.3, 0.4) is 0 Å². The second-order valence-electron chi connectivity index (χ2n) is 6.13. The summed E-state index contributed by atoms with van der Waals surface area (Å²) in [5.74, 6) is 0. The molecule has 0 unspecified atom stereocenters. The van der Waals surface area contributed by atoms with Crippen molar-refractivity contribution in [1.29, 1.82) is 0 Å². The van der Waals surface area contributed by atoms with Gasteiger partial charge in [-0.2, -0.15) is 0 Å². The molecule has 0 saturated carbocycles. The van der Waals surface area contributed by atoms with E-state index in [0.717, 1.165) is 0 Å². The average molecular weight is 238 g/mol. The molecule has 0 aliphatic carbocycles. The molecule has 2 aliphatic rings. The lowest BCUT2D eigenvalue weighted by molar-refractivity contribution is -0.951. The van der Waals surface area contributed by atoms with Gasteiger partial charge in [0.1, 0.15) is 13.1 Å². The maximum absolute atomic E-state index is 2.44. The molecule has 1 spiro atoms. The number of hydrogen-bond donors (Lipinski definition) is 0. The maximum Gasteiger partial charge on any atom is 0.105 e. The predicted octanol–water partition coefficient (Wildman–Crippen LogP) is 3.85. The third-order valence-corrected chi connectivity index (χ3v) is 4.84. The number of quaternary nitrogens is 1. The van der Waals surface area contributed by atoms with Crippen molar-refractivity contribution in [3.63, 3.8) is 0 Å². The molecule has 0 amide bonds. The van der Waals surface area contributed by atoms with E-state index in [4.69, 9.17) is 0 Å². The van der Waals surface area contributed by atoms with Crippen molar-refractivity contribution in [2.75, 3.05) is 13.1 Å². The molecule has 2 aromatic carbocycles. The summed E-state index contributed by atoms with van der Waals surface area (Å²) in [6.45, 7) is 5.34. The first-order valence-corrected chi connectivity index (χ1v) is 7.20. The van der Waals surface area contributed by atoms with E-state index in [2.05, 4.69) is 36.4 Å². The molecule has 1 saturated heterocycles. The quantitative estimate of drug-likeness (QED) is 0.611. The van der Waals surface area contributed by atoms with Crippen molar-refractivity contribution in [3.05, 3.63) is 47.5 Å². The maximum atomic E-state index is 2.44. The second kappa shape index (κ2) is 3.83. The van der Waals surface area contributed by atoms with Crippen LogP contribution in [0, 0.1) is 0 Å². The third kappa shape index (κ3) is 1.58. The zero-order valence-electron chi connectivity index (χ0n) is 10.9. The fourth-order valence-electron chi connectivity index (χ4n) is 3.91. The molecule has 1 nitrogen and oxygen atoms in total. The molecule has 1 fully saturated rings. The van der Waals surface area contributed by atoms with Crippen LogP contribution in [0.25, 0.3) is 10.8 Å². The molecule has 18 heavy (non-hydrogen) atoms. The Labute approximate surface area is 109 Å². The Kier molecular flexibility index (Phi) is 2.25. The van der Waals surface area contributed by atoms with Crippen LogP contribution in [-0.4, -0.2) is 17.6 Å². The van der Waals surface area contributed by atoms with Gasteiger partial charge in [0.2, 0.25) is 0 Å². The van der Waals surface area contributed by atoms with Crippen molar-refractivity contribution >= 4 is 10.8 Å². The molecule has 0 atom stereocenters. The van der Waals surface area contributed by atoms with Gasteiger partial charge in [-0.15, -0.1) is 0 Å². The van der Waals surface area contributed by atoms with Gasteiger partial charge in [-0.25, -0.2) is 0 Å². The molecular weight excluding hydrogens is 218 g/mol. The molecule has 1 heteroatoms. The average Bonchev–Trinajstić information content (AvgIpc) is 2.73. The summed E-state index contributed by atoms with van der Waals surface area (Å²) in [6.07, 6.45) is 4.29. The Morgan fingerprint density at radius 3 is 1.83 bits per heavy atom. The van der Waals surface area contributed by atoms with Crippen molar-refractivity contribution < 1.29 is 4.48 Å². The summed E-state index contributed by atoms with van der Waals surface area (Å²) in [6, 6.07) is 13.7. The molecule has 2 heterocycles. The lowest BCUT2D eigenvalue weighted by atomic mass is 10.0. The van der Waals surface area contributed by atoms with Gasteiger partial charge in [0.25, 0.3) is 0 Å². The minimum Gasteiger partial charge on any atom is -0.316 e. The van der Waals surface area contributed by atoms with Gasteiger partial charge in [-0.1, -0.05) is 24.3 Å². The van der Waals surface area contributed by atoms with Crippen molar-refractivity contribution in [3.8, 4) is 0 Å². The predicted molar refractivity (Wildman–Crippen MR) is 75.2 cm³/mol. The molecule has 0 aromatic heterocycles. The van der Waals surface area contributed by atoms with Crippen LogP contribution in [-0.2, 0) is 13.1 Å². The minimum atomic E-state index is 1.28. The van der Waals surface area contributed by atoms with Gasteiger partial charge >= 0.3 is 0 Å². The topological polar surface area (TPSA) is 0 Å². The van der Waals surface area contributed by atoms with Crippen molar-refractivity contribution in [1.82, 2.24) is 0 Å². The van der Waals surface area contributed by atoms with Crippen LogP contribution in [0.5, 0.6) is 0 Å². The third-order valence-electron chi connectivity index (χ3n) is 4.84. The number of piperidine rings is 1. The van der Waals surface area contributed by atoms with Gasteiger partial charge in [0.15, 0.2) is 0 Å². The van der Waals surface area contributed by atoms with Crippen LogP contribution in [0.15, 0.2) is 36.4 Å². The largest absolute Gasteiger partial charge is 0.316 e. The molecule has 2 aliphatic heterocycles. The first kappa shape index (κ1) is 10.6. The monoisotopic (exact) mass is 238 g/mol. The van der Waals surface area contributed by atoms with Crippen molar-refractivity contribution in [2.45, 2.75) is 32.4 Å². The zero-order chi connectivity index (χ0) is 12.0. The first-order chi connectivity index (χ1) is 8.85. The van der Waals surface area contributed by atoms with Crippen LogP contribution in [0.1, 0.15) is 30.4 Å². The van der Waals surface area contributed by atoms with E-state index < -0.39 is 0 Å². The number of rotatable bonds is 0. The molecule has 0 bridgehead atoms. The fourth-order valence-corrected chi connectivity index (χ4v) is 3.91. The smallest absolute Gasteiger partial charge is 0.105 e. The Balaban J connectivity index is 1.78. The van der Waals surface area contributed by atoms with Crippen LogP contribution in [0.4, 0.5) is 0 Å². The molecule has 2 aromatic rings. The Hall–Kier alpha value is -1.34. The SMILES string of the molecule is c1ccc2cc3c(cc2c1)C[N+]1(CCCCC1)C3. The van der Waals surface area contributed by atoms with Crippen LogP contribution >= 0.6 is 0 Å². The highest BCUT2D eigenvalue weighted by atomic mass is 15.4. The lowest BCUT2D eigenvalue weighted by Crippen LogP contribution is -2.46. The highest BCUT2D eigenvalue weighted by Gasteiger charge is 2.36. The highest BCUT2D eigenvalue weighted by Crippen LogP contribution is 2.35. The van der Waals surface area contributed by atoms with E-state index in [9.17, 15) is 0 Å². The summed E-state index contributed by atoms with van der Waals surface area (Å²) in [5.41, 5.74) is 3.21. The molecular formula is C17H20N+. The van der Waals surface area contributed by atoms with Gasteiger partial charge < -0.3 is 4.48 Å². The highest BCUT2D eigenvalue weighted by molar-refractivity contribution is 5.84. The molecule has 4 rings (SSSR count). The van der Waals surface area contributed by atoms with E-state index >= 15 is 0 Å². The summed E-state index contributed by atoms with van der Waals surface area (Å²) >= 11 is 0. The van der Waals surface area contributed by atoms with E-state index in [1.807, 2.05) is 0 Å². The normalized spacial score (nSPS) is 21.3.